The van der Waals surface area contributed by atoms with Crippen molar-refractivity contribution in [2.24, 2.45) is 0 Å². The van der Waals surface area contributed by atoms with Crippen molar-refractivity contribution in [3.8, 4) is 0 Å². The molecule has 0 saturated heterocycles. The van der Waals surface area contributed by atoms with Gasteiger partial charge in [0.05, 0.1) is 0 Å². The highest BCUT2D eigenvalue weighted by molar-refractivity contribution is 5.69. The Kier molecular flexibility index (Phi) is 34.6. The molecule has 0 spiro atoms. The van der Waals surface area contributed by atoms with Gasteiger partial charge in [0.15, 0.2) is 0 Å². The fraction of sp³-hybridized carbons (Fsp3) is 0.850. The average molecular weight is 619 g/mol. The van der Waals surface area contributed by atoms with E-state index in [1.54, 1.807) is 0 Å². The van der Waals surface area contributed by atoms with Gasteiger partial charge < -0.3 is 9.84 Å². The monoisotopic (exact) mass is 619 g/mol. The summed E-state index contributed by atoms with van der Waals surface area (Å²) in [4.78, 5) is 23.1. The number of aliphatic carboxylic acids is 1. The number of carbonyl (C=O) groups excluding carboxylic acids is 1. The lowest BCUT2D eigenvalue weighted by Gasteiger charge is -2.18. The third-order valence-electron chi connectivity index (χ3n) is 8.68. The first kappa shape index (κ1) is 42.4. The minimum Gasteiger partial charge on any atom is -0.481 e. The molecule has 0 radical (unpaired) electrons. The van der Waals surface area contributed by atoms with Crippen LogP contribution < -0.4 is 0 Å². The predicted molar refractivity (Wildman–Crippen MR) is 190 cm³/mol. The van der Waals surface area contributed by atoms with Crippen molar-refractivity contribution in [2.75, 3.05) is 0 Å². The summed E-state index contributed by atoms with van der Waals surface area (Å²) in [6, 6.07) is 0. The molecule has 1 unspecified atom stereocenters. The molecular formula is C40H74O4. The first-order valence-electron chi connectivity index (χ1n) is 19.3. The van der Waals surface area contributed by atoms with Crippen LogP contribution in [0.4, 0.5) is 0 Å². The van der Waals surface area contributed by atoms with Gasteiger partial charge >= 0.3 is 11.9 Å². The Labute approximate surface area is 274 Å². The molecule has 4 nitrogen and oxygen atoms in total. The Morgan fingerprint density at radius 3 is 1.39 bits per heavy atom. The Morgan fingerprint density at radius 2 is 0.886 bits per heavy atom. The highest BCUT2D eigenvalue weighted by Crippen LogP contribution is 2.18. The zero-order valence-corrected chi connectivity index (χ0v) is 29.5. The van der Waals surface area contributed by atoms with E-state index < -0.39 is 5.97 Å². The van der Waals surface area contributed by atoms with Crippen molar-refractivity contribution in [3.05, 3.63) is 24.3 Å². The minimum absolute atomic E-state index is 0.0250. The molecule has 0 saturated carbocycles. The van der Waals surface area contributed by atoms with Gasteiger partial charge in [-0.1, -0.05) is 154 Å². The summed E-state index contributed by atoms with van der Waals surface area (Å²) in [6.45, 7) is 4.48. The van der Waals surface area contributed by atoms with Gasteiger partial charge in [-0.2, -0.15) is 0 Å². The third kappa shape index (κ3) is 34.9. The molecule has 0 amide bonds. The predicted octanol–water partition coefficient (Wildman–Crippen LogP) is 13.2. The highest BCUT2D eigenvalue weighted by Gasteiger charge is 2.14. The number of rotatable bonds is 35. The molecule has 1 atom stereocenters. The summed E-state index contributed by atoms with van der Waals surface area (Å²) in [5.74, 6) is -0.648. The molecule has 0 aliphatic carbocycles. The van der Waals surface area contributed by atoms with E-state index in [-0.39, 0.29) is 12.1 Å². The summed E-state index contributed by atoms with van der Waals surface area (Å²) >= 11 is 0. The first-order chi connectivity index (χ1) is 21.6. The van der Waals surface area contributed by atoms with Gasteiger partial charge in [-0.25, -0.2) is 0 Å². The van der Waals surface area contributed by atoms with E-state index in [1.165, 1.54) is 135 Å². The van der Waals surface area contributed by atoms with Gasteiger partial charge in [0.2, 0.25) is 0 Å². The molecule has 0 fully saturated rings. The molecule has 4 heteroatoms. The molecule has 1 N–H and O–H groups in total. The lowest BCUT2D eigenvalue weighted by atomic mass is 10.0. The van der Waals surface area contributed by atoms with Gasteiger partial charge in [0, 0.05) is 12.8 Å². The molecule has 0 heterocycles. The smallest absolute Gasteiger partial charge is 0.306 e. The molecule has 0 aromatic rings. The topological polar surface area (TPSA) is 63.6 Å². The number of carboxylic acid groups (broad SMARTS) is 1. The standard InChI is InChI=1S/C40H74O4/c1-3-5-7-8-9-10-11-12-13-14-15-16-20-23-26-29-33-37-40(43)44-38(34-30-6-4-2)35-31-27-24-21-18-17-19-22-25-28-32-36-39(41)42/h9-10,12-13,38H,3-8,11,14-37H2,1-2H3,(H,41,42)/b10-9-,13-12-. The summed E-state index contributed by atoms with van der Waals surface area (Å²) in [5.41, 5.74) is 0. The van der Waals surface area contributed by atoms with Gasteiger partial charge in [-0.15, -0.1) is 0 Å². The molecule has 0 aliphatic heterocycles. The number of esters is 1. The van der Waals surface area contributed by atoms with Crippen molar-refractivity contribution >= 4 is 11.9 Å². The minimum atomic E-state index is -0.673. The largest absolute Gasteiger partial charge is 0.481 e. The number of ether oxygens (including phenoxy) is 1. The van der Waals surface area contributed by atoms with Crippen LogP contribution in [0, 0.1) is 0 Å². The zero-order chi connectivity index (χ0) is 32.2. The average Bonchev–Trinajstić information content (AvgIpc) is 3.00. The summed E-state index contributed by atoms with van der Waals surface area (Å²) in [6.07, 6.45) is 45.1. The van der Waals surface area contributed by atoms with E-state index in [0.717, 1.165) is 51.4 Å². The summed E-state index contributed by atoms with van der Waals surface area (Å²) < 4.78 is 5.96. The van der Waals surface area contributed by atoms with Gasteiger partial charge in [-0.3, -0.25) is 9.59 Å². The quantitative estimate of drug-likeness (QED) is 0.0436. The number of carbonyl (C=O) groups is 2. The van der Waals surface area contributed by atoms with E-state index >= 15 is 0 Å². The number of allylic oxidation sites excluding steroid dienone is 4. The second-order valence-electron chi connectivity index (χ2n) is 13.1. The lowest BCUT2D eigenvalue weighted by molar-refractivity contribution is -0.150. The maximum atomic E-state index is 12.5. The molecule has 0 bridgehead atoms. The SMILES string of the molecule is CCCCC/C=C\C/C=C\CCCCCCCCCC(=O)OC(CCCCC)CCCCCCCCCCCCCC(=O)O. The van der Waals surface area contributed by atoms with Crippen LogP contribution in [0.1, 0.15) is 213 Å². The van der Waals surface area contributed by atoms with Gasteiger partial charge in [-0.05, 0) is 70.6 Å². The maximum absolute atomic E-state index is 12.5. The summed E-state index contributed by atoms with van der Waals surface area (Å²) in [7, 11) is 0. The molecule has 258 valence electrons. The van der Waals surface area contributed by atoms with Crippen molar-refractivity contribution in [2.45, 2.75) is 219 Å². The highest BCUT2D eigenvalue weighted by atomic mass is 16.5. The van der Waals surface area contributed by atoms with Crippen LogP contribution in [0.25, 0.3) is 0 Å². The fourth-order valence-electron chi connectivity index (χ4n) is 5.80. The van der Waals surface area contributed by atoms with Gasteiger partial charge in [0.1, 0.15) is 6.10 Å². The van der Waals surface area contributed by atoms with Crippen molar-refractivity contribution < 1.29 is 19.4 Å². The van der Waals surface area contributed by atoms with Crippen LogP contribution in [-0.4, -0.2) is 23.1 Å². The Bertz CT molecular complexity index is 668. The molecule has 0 rings (SSSR count). The van der Waals surface area contributed by atoms with E-state index in [1.807, 2.05) is 0 Å². The van der Waals surface area contributed by atoms with Crippen LogP contribution in [0.15, 0.2) is 24.3 Å². The van der Waals surface area contributed by atoms with Crippen LogP contribution in [0.5, 0.6) is 0 Å². The second kappa shape index (κ2) is 35.9. The number of hydrogen-bond donors (Lipinski definition) is 1. The van der Waals surface area contributed by atoms with E-state index in [0.29, 0.717) is 12.8 Å². The molecule has 0 aromatic heterocycles. The first-order valence-corrected chi connectivity index (χ1v) is 19.3. The Hall–Kier alpha value is -1.58. The zero-order valence-electron chi connectivity index (χ0n) is 29.5. The van der Waals surface area contributed by atoms with Crippen molar-refractivity contribution in [1.82, 2.24) is 0 Å². The van der Waals surface area contributed by atoms with E-state index in [4.69, 9.17) is 9.84 Å². The Balaban J connectivity index is 3.74. The maximum Gasteiger partial charge on any atom is 0.306 e. The van der Waals surface area contributed by atoms with Gasteiger partial charge in [0.25, 0.3) is 0 Å². The van der Waals surface area contributed by atoms with Crippen LogP contribution >= 0.6 is 0 Å². The molecular weight excluding hydrogens is 544 g/mol. The van der Waals surface area contributed by atoms with Crippen LogP contribution in [0.2, 0.25) is 0 Å². The van der Waals surface area contributed by atoms with E-state index in [9.17, 15) is 9.59 Å². The van der Waals surface area contributed by atoms with Crippen LogP contribution in [0.3, 0.4) is 0 Å². The number of unbranched alkanes of at least 4 members (excludes halogenated alkanes) is 22. The molecule has 0 aromatic carbocycles. The molecule has 0 aliphatic rings. The van der Waals surface area contributed by atoms with Crippen LogP contribution in [-0.2, 0) is 14.3 Å². The number of carboxylic acids is 1. The fourth-order valence-corrected chi connectivity index (χ4v) is 5.80. The van der Waals surface area contributed by atoms with Crippen molar-refractivity contribution in [1.29, 1.82) is 0 Å². The van der Waals surface area contributed by atoms with E-state index in [2.05, 4.69) is 38.2 Å². The lowest BCUT2D eigenvalue weighted by Crippen LogP contribution is -2.18. The normalized spacial score (nSPS) is 12.4. The third-order valence-corrected chi connectivity index (χ3v) is 8.68. The van der Waals surface area contributed by atoms with Crippen molar-refractivity contribution in [3.63, 3.8) is 0 Å². The number of hydrogen-bond acceptors (Lipinski definition) is 3. The summed E-state index contributed by atoms with van der Waals surface area (Å²) in [5, 5.41) is 8.68. The second-order valence-corrected chi connectivity index (χ2v) is 13.1. The molecule has 44 heavy (non-hydrogen) atoms. The Morgan fingerprint density at radius 1 is 0.500 bits per heavy atom.